The van der Waals surface area contributed by atoms with Crippen molar-refractivity contribution in [3.8, 4) is 0 Å². The van der Waals surface area contributed by atoms with E-state index in [2.05, 4.69) is 26.0 Å². The smallest absolute Gasteiger partial charge is 0.261 e. The highest BCUT2D eigenvalue weighted by Crippen LogP contribution is 2.25. The van der Waals surface area contributed by atoms with E-state index in [1.165, 1.54) is 0 Å². The van der Waals surface area contributed by atoms with Crippen LogP contribution in [0.5, 0.6) is 0 Å². The molecule has 1 unspecified atom stereocenters. The highest BCUT2D eigenvalue weighted by atomic mass is 16.2. The topological polar surface area (TPSA) is 55.2 Å². The molecule has 0 saturated carbocycles. The van der Waals surface area contributed by atoms with Gasteiger partial charge in [0, 0.05) is 20.0 Å². The third-order valence-electron chi connectivity index (χ3n) is 5.87. The molecule has 5 heteroatoms. The van der Waals surface area contributed by atoms with E-state index in [1.54, 1.807) is 17.7 Å². The fraction of sp³-hybridized carbons (Fsp3) is 0.423. The van der Waals surface area contributed by atoms with E-state index in [-0.39, 0.29) is 17.5 Å². The Morgan fingerprint density at radius 2 is 1.74 bits per heavy atom. The van der Waals surface area contributed by atoms with Gasteiger partial charge in [0.1, 0.15) is 5.82 Å². The third kappa shape index (κ3) is 5.40. The van der Waals surface area contributed by atoms with Crippen LogP contribution in [0.1, 0.15) is 63.4 Å². The Balaban J connectivity index is 1.92. The lowest BCUT2D eigenvalue weighted by atomic mass is 10.1. The number of hydrogen-bond donors (Lipinski definition) is 0. The van der Waals surface area contributed by atoms with Crippen molar-refractivity contribution in [2.45, 2.75) is 58.4 Å². The molecule has 3 aromatic rings. The van der Waals surface area contributed by atoms with Gasteiger partial charge < -0.3 is 4.90 Å². The van der Waals surface area contributed by atoms with E-state index in [4.69, 9.17) is 4.98 Å². The van der Waals surface area contributed by atoms with Gasteiger partial charge in [0.25, 0.3) is 5.56 Å². The highest BCUT2D eigenvalue weighted by molar-refractivity contribution is 5.78. The molecule has 3 rings (SSSR count). The summed E-state index contributed by atoms with van der Waals surface area (Å²) in [6.07, 6.45) is 4.99. The maximum absolute atomic E-state index is 13.4. The molecule has 0 spiro atoms. The first-order valence-electron chi connectivity index (χ1n) is 11.4. The van der Waals surface area contributed by atoms with Gasteiger partial charge in [-0.25, -0.2) is 4.98 Å². The molecule has 0 N–H and O–H groups in total. The second-order valence-corrected chi connectivity index (χ2v) is 8.06. The number of carbonyl (C=O) groups is 1. The van der Waals surface area contributed by atoms with Crippen LogP contribution in [0, 0.1) is 0 Å². The first kappa shape index (κ1) is 22.7. The Bertz CT molecular complexity index is 1060. The molecule has 31 heavy (non-hydrogen) atoms. The van der Waals surface area contributed by atoms with E-state index >= 15 is 0 Å². The summed E-state index contributed by atoms with van der Waals surface area (Å²) >= 11 is 0. The number of benzene rings is 2. The lowest BCUT2D eigenvalue weighted by molar-refractivity contribution is -0.134. The Labute approximate surface area is 184 Å². The van der Waals surface area contributed by atoms with Gasteiger partial charge in [0.05, 0.1) is 16.9 Å². The van der Waals surface area contributed by atoms with Crippen molar-refractivity contribution in [2.75, 3.05) is 6.54 Å². The minimum Gasteiger partial charge on any atom is -0.333 e. The van der Waals surface area contributed by atoms with Gasteiger partial charge in [0.15, 0.2) is 0 Å². The van der Waals surface area contributed by atoms with E-state index < -0.39 is 0 Å². The summed E-state index contributed by atoms with van der Waals surface area (Å²) in [5.74, 6) is 0.782. The molecule has 5 nitrogen and oxygen atoms in total. The van der Waals surface area contributed by atoms with E-state index in [0.29, 0.717) is 42.5 Å². The number of para-hydroxylation sites is 1. The molecule has 1 atom stereocenters. The van der Waals surface area contributed by atoms with Gasteiger partial charge in [-0.1, -0.05) is 69.2 Å². The lowest BCUT2D eigenvalue weighted by Gasteiger charge is -2.32. The van der Waals surface area contributed by atoms with Crippen LogP contribution >= 0.6 is 0 Å². The zero-order valence-electron chi connectivity index (χ0n) is 18.9. The molecule has 0 saturated heterocycles. The molecule has 1 amide bonds. The SMILES string of the molecule is CCCCCN(C(=O)CCc1ccccc1)C(CC)c1nc2ccccc2c(=O)n1C. The van der Waals surface area contributed by atoms with Crippen molar-refractivity contribution >= 4 is 16.8 Å². The van der Waals surface area contributed by atoms with Crippen LogP contribution in [0.25, 0.3) is 10.9 Å². The van der Waals surface area contributed by atoms with Gasteiger partial charge >= 0.3 is 0 Å². The fourth-order valence-corrected chi connectivity index (χ4v) is 4.10. The largest absolute Gasteiger partial charge is 0.333 e. The number of carbonyl (C=O) groups excluding carboxylic acids is 1. The Hall–Kier alpha value is -2.95. The van der Waals surface area contributed by atoms with E-state index in [1.807, 2.05) is 41.3 Å². The molecule has 2 aromatic carbocycles. The number of nitrogens with zero attached hydrogens (tertiary/aromatic N) is 3. The predicted octanol–water partition coefficient (Wildman–Crippen LogP) is 5.04. The molecular weight excluding hydrogens is 386 g/mol. The Kier molecular flexibility index (Phi) is 7.99. The van der Waals surface area contributed by atoms with Crippen LogP contribution in [-0.4, -0.2) is 26.9 Å². The molecular formula is C26H33N3O2. The van der Waals surface area contributed by atoms with Crippen LogP contribution in [0.4, 0.5) is 0 Å². The molecule has 1 heterocycles. The maximum atomic E-state index is 13.4. The molecule has 1 aromatic heterocycles. The molecule has 0 aliphatic carbocycles. The number of amides is 1. The lowest BCUT2D eigenvalue weighted by Crippen LogP contribution is -2.39. The molecule has 164 valence electrons. The standard InChI is InChI=1S/C26H33N3O2/c1-4-6-12-19-29(24(30)18-17-20-13-8-7-9-14-20)23(5-2)25-27-22-16-11-10-15-21(22)26(31)28(25)3/h7-11,13-16,23H,4-6,12,17-19H2,1-3H3. The van der Waals surface area contributed by atoms with Crippen molar-refractivity contribution in [2.24, 2.45) is 7.05 Å². The van der Waals surface area contributed by atoms with E-state index in [9.17, 15) is 9.59 Å². The Morgan fingerprint density at radius 3 is 2.45 bits per heavy atom. The highest BCUT2D eigenvalue weighted by Gasteiger charge is 2.27. The molecule has 0 aliphatic rings. The summed E-state index contributed by atoms with van der Waals surface area (Å²) in [6.45, 7) is 4.90. The van der Waals surface area contributed by atoms with Crippen LogP contribution in [-0.2, 0) is 18.3 Å². The normalized spacial score (nSPS) is 12.1. The summed E-state index contributed by atoms with van der Waals surface area (Å²) in [6, 6.07) is 17.3. The van der Waals surface area contributed by atoms with E-state index in [0.717, 1.165) is 24.8 Å². The number of hydrogen-bond acceptors (Lipinski definition) is 3. The number of aromatic nitrogens is 2. The van der Waals surface area contributed by atoms with Gasteiger partial charge in [-0.15, -0.1) is 0 Å². The van der Waals surface area contributed by atoms with Gasteiger partial charge in [-0.3, -0.25) is 14.2 Å². The summed E-state index contributed by atoms with van der Waals surface area (Å²) < 4.78 is 1.62. The second kappa shape index (κ2) is 10.9. The van der Waals surface area contributed by atoms with Crippen LogP contribution in [0.15, 0.2) is 59.4 Å². The monoisotopic (exact) mass is 419 g/mol. The fourth-order valence-electron chi connectivity index (χ4n) is 4.10. The summed E-state index contributed by atoms with van der Waals surface area (Å²) in [4.78, 5) is 33.1. The number of fused-ring (bicyclic) bond motifs is 1. The second-order valence-electron chi connectivity index (χ2n) is 8.06. The molecule has 0 fully saturated rings. The maximum Gasteiger partial charge on any atom is 0.261 e. The van der Waals surface area contributed by atoms with Crippen molar-refractivity contribution < 1.29 is 4.79 Å². The van der Waals surface area contributed by atoms with Crippen molar-refractivity contribution in [1.29, 1.82) is 0 Å². The van der Waals surface area contributed by atoms with Gasteiger partial charge in [0.2, 0.25) is 5.91 Å². The summed E-state index contributed by atoms with van der Waals surface area (Å²) in [7, 11) is 1.76. The first-order valence-corrected chi connectivity index (χ1v) is 11.4. The summed E-state index contributed by atoms with van der Waals surface area (Å²) in [5.41, 5.74) is 1.78. The summed E-state index contributed by atoms with van der Waals surface area (Å²) in [5, 5.41) is 0.608. The minimum atomic E-state index is -0.220. The number of rotatable bonds is 10. The average molecular weight is 420 g/mol. The molecule has 0 radical (unpaired) electrons. The van der Waals surface area contributed by atoms with Crippen LogP contribution in [0.3, 0.4) is 0 Å². The van der Waals surface area contributed by atoms with Gasteiger partial charge in [-0.05, 0) is 37.0 Å². The molecule has 0 bridgehead atoms. The zero-order valence-corrected chi connectivity index (χ0v) is 18.9. The quantitative estimate of drug-likeness (QED) is 0.433. The van der Waals surface area contributed by atoms with Crippen molar-refractivity contribution in [3.05, 3.63) is 76.3 Å². The third-order valence-corrected chi connectivity index (χ3v) is 5.87. The first-order chi connectivity index (χ1) is 15.1. The predicted molar refractivity (Wildman–Crippen MR) is 126 cm³/mol. The van der Waals surface area contributed by atoms with Crippen molar-refractivity contribution in [1.82, 2.24) is 14.5 Å². The average Bonchev–Trinajstić information content (AvgIpc) is 2.80. The minimum absolute atomic E-state index is 0.0655. The van der Waals surface area contributed by atoms with Crippen molar-refractivity contribution in [3.63, 3.8) is 0 Å². The van der Waals surface area contributed by atoms with Crippen LogP contribution < -0.4 is 5.56 Å². The molecule has 0 aliphatic heterocycles. The Morgan fingerprint density at radius 1 is 1.03 bits per heavy atom. The van der Waals surface area contributed by atoms with Gasteiger partial charge in [-0.2, -0.15) is 0 Å². The zero-order chi connectivity index (χ0) is 22.2. The van der Waals surface area contributed by atoms with Crippen LogP contribution in [0.2, 0.25) is 0 Å². The number of unbranched alkanes of at least 4 members (excludes halogenated alkanes) is 2. The number of aryl methyl sites for hydroxylation is 1.